The standard InChI is InChI=1S/C23H26O6S/c1-15-20(28-16(2)24)21(29-17(3)25)22(26-14-18-10-6-4-7-11-18)23(27-15)30-19-12-8-5-9-13-19/h4-13,15,20-23H,14H2,1-3H3/t15-,20+,21-,22+,23+/m0/s1. The molecule has 160 valence electrons. The molecule has 1 aliphatic heterocycles. The molecule has 0 unspecified atom stereocenters. The van der Waals surface area contributed by atoms with Gasteiger partial charge in [-0.15, -0.1) is 0 Å². The molecule has 0 spiro atoms. The Bertz CT molecular complexity index is 828. The van der Waals surface area contributed by atoms with Crippen LogP contribution in [0.3, 0.4) is 0 Å². The topological polar surface area (TPSA) is 71.1 Å². The van der Waals surface area contributed by atoms with Crippen LogP contribution in [0.4, 0.5) is 0 Å². The van der Waals surface area contributed by atoms with Gasteiger partial charge in [0.1, 0.15) is 11.5 Å². The Morgan fingerprint density at radius 1 is 0.867 bits per heavy atom. The van der Waals surface area contributed by atoms with Crippen LogP contribution < -0.4 is 0 Å². The minimum absolute atomic E-state index is 0.305. The monoisotopic (exact) mass is 430 g/mol. The van der Waals surface area contributed by atoms with Crippen LogP contribution in [0.25, 0.3) is 0 Å². The van der Waals surface area contributed by atoms with Gasteiger partial charge in [-0.2, -0.15) is 0 Å². The highest BCUT2D eigenvalue weighted by atomic mass is 32.2. The van der Waals surface area contributed by atoms with Gasteiger partial charge in [0.2, 0.25) is 0 Å². The summed E-state index contributed by atoms with van der Waals surface area (Å²) in [6.07, 6.45) is -2.67. The largest absolute Gasteiger partial charge is 0.456 e. The van der Waals surface area contributed by atoms with Gasteiger partial charge in [-0.25, -0.2) is 0 Å². The van der Waals surface area contributed by atoms with Gasteiger partial charge >= 0.3 is 11.9 Å². The van der Waals surface area contributed by atoms with Crippen LogP contribution in [0.15, 0.2) is 65.6 Å². The molecule has 0 aromatic heterocycles. The number of carbonyl (C=O) groups excluding carboxylic acids is 2. The summed E-state index contributed by atoms with van der Waals surface area (Å²) in [5, 5.41) is 0. The first-order valence-corrected chi connectivity index (χ1v) is 10.7. The second-order valence-electron chi connectivity index (χ2n) is 7.05. The van der Waals surface area contributed by atoms with E-state index in [1.54, 1.807) is 6.92 Å². The minimum atomic E-state index is -0.792. The molecule has 30 heavy (non-hydrogen) atoms. The average molecular weight is 431 g/mol. The predicted molar refractivity (Wildman–Crippen MR) is 113 cm³/mol. The molecule has 2 aromatic rings. The maximum Gasteiger partial charge on any atom is 0.303 e. The van der Waals surface area contributed by atoms with Gasteiger partial charge in [-0.05, 0) is 24.6 Å². The van der Waals surface area contributed by atoms with Crippen molar-refractivity contribution in [3.8, 4) is 0 Å². The van der Waals surface area contributed by atoms with Crippen molar-refractivity contribution >= 4 is 23.7 Å². The molecule has 2 aromatic carbocycles. The molecule has 6 nitrogen and oxygen atoms in total. The summed E-state index contributed by atoms with van der Waals surface area (Å²) in [6.45, 7) is 4.76. The summed E-state index contributed by atoms with van der Waals surface area (Å²) < 4.78 is 23.5. The number of hydrogen-bond acceptors (Lipinski definition) is 7. The van der Waals surface area contributed by atoms with E-state index in [2.05, 4.69) is 0 Å². The molecular weight excluding hydrogens is 404 g/mol. The molecule has 0 N–H and O–H groups in total. The van der Waals surface area contributed by atoms with Gasteiger partial charge < -0.3 is 18.9 Å². The van der Waals surface area contributed by atoms with E-state index in [1.165, 1.54) is 25.6 Å². The Morgan fingerprint density at radius 2 is 1.43 bits per heavy atom. The van der Waals surface area contributed by atoms with Gasteiger partial charge in [0.05, 0.1) is 12.7 Å². The first-order chi connectivity index (χ1) is 14.4. The molecule has 1 fully saturated rings. The molecule has 3 rings (SSSR count). The zero-order valence-electron chi connectivity index (χ0n) is 17.2. The van der Waals surface area contributed by atoms with Crippen LogP contribution in [0.5, 0.6) is 0 Å². The number of rotatable bonds is 7. The summed E-state index contributed by atoms with van der Waals surface area (Å²) in [5.74, 6) is -0.938. The smallest absolute Gasteiger partial charge is 0.303 e. The quantitative estimate of drug-likeness (QED) is 0.616. The molecule has 0 aliphatic carbocycles. The molecule has 7 heteroatoms. The lowest BCUT2D eigenvalue weighted by Gasteiger charge is -2.44. The van der Waals surface area contributed by atoms with Crippen LogP contribution >= 0.6 is 11.8 Å². The second kappa shape index (κ2) is 10.6. The highest BCUT2D eigenvalue weighted by Gasteiger charge is 2.49. The summed E-state index contributed by atoms with van der Waals surface area (Å²) in [5.41, 5.74) is 0.521. The number of esters is 2. The fourth-order valence-corrected chi connectivity index (χ4v) is 4.50. The van der Waals surface area contributed by atoms with E-state index in [-0.39, 0.29) is 0 Å². The average Bonchev–Trinajstić information content (AvgIpc) is 2.71. The van der Waals surface area contributed by atoms with Gasteiger partial charge in [0, 0.05) is 18.7 Å². The molecular formula is C23H26O6S. The molecule has 0 amide bonds. The molecule has 0 radical (unpaired) electrons. The fraction of sp³-hybridized carbons (Fsp3) is 0.391. The van der Waals surface area contributed by atoms with E-state index in [4.69, 9.17) is 18.9 Å². The Labute approximate surface area is 180 Å². The van der Waals surface area contributed by atoms with Crippen molar-refractivity contribution in [2.45, 2.75) is 62.1 Å². The maximum absolute atomic E-state index is 11.9. The number of thioether (sulfide) groups is 1. The van der Waals surface area contributed by atoms with Crippen molar-refractivity contribution in [2.75, 3.05) is 0 Å². The molecule has 0 saturated carbocycles. The van der Waals surface area contributed by atoms with Crippen molar-refractivity contribution in [3.05, 3.63) is 66.2 Å². The molecule has 1 saturated heterocycles. The third-order valence-electron chi connectivity index (χ3n) is 4.61. The Kier molecular flexibility index (Phi) is 7.90. The molecule has 0 bridgehead atoms. The first kappa shape index (κ1) is 22.3. The zero-order chi connectivity index (χ0) is 21.5. The Hall–Kier alpha value is -2.35. The highest BCUT2D eigenvalue weighted by molar-refractivity contribution is 7.99. The maximum atomic E-state index is 11.9. The first-order valence-electron chi connectivity index (χ1n) is 9.81. The van der Waals surface area contributed by atoms with E-state index >= 15 is 0 Å². The van der Waals surface area contributed by atoms with Crippen LogP contribution in [0.2, 0.25) is 0 Å². The van der Waals surface area contributed by atoms with Crippen molar-refractivity contribution in [2.24, 2.45) is 0 Å². The summed E-state index contributed by atoms with van der Waals surface area (Å²) in [6, 6.07) is 19.5. The Balaban J connectivity index is 1.88. The van der Waals surface area contributed by atoms with E-state index in [0.717, 1.165) is 10.5 Å². The summed E-state index contributed by atoms with van der Waals surface area (Å²) in [7, 11) is 0. The summed E-state index contributed by atoms with van der Waals surface area (Å²) >= 11 is 1.48. The van der Waals surface area contributed by atoms with Crippen molar-refractivity contribution in [1.29, 1.82) is 0 Å². The third kappa shape index (κ3) is 6.08. The number of ether oxygens (including phenoxy) is 4. The lowest BCUT2D eigenvalue weighted by atomic mass is 10.00. The van der Waals surface area contributed by atoms with Gasteiger partial charge in [0.15, 0.2) is 12.2 Å². The van der Waals surface area contributed by atoms with E-state index in [9.17, 15) is 9.59 Å². The van der Waals surface area contributed by atoms with Crippen molar-refractivity contribution in [1.82, 2.24) is 0 Å². The normalized spacial score (nSPS) is 26.0. The van der Waals surface area contributed by atoms with Gasteiger partial charge in [0.25, 0.3) is 0 Å². The van der Waals surface area contributed by atoms with Gasteiger partial charge in [-0.3, -0.25) is 9.59 Å². The lowest BCUT2D eigenvalue weighted by molar-refractivity contribution is -0.232. The van der Waals surface area contributed by atoms with E-state index in [1.807, 2.05) is 60.7 Å². The number of hydrogen-bond donors (Lipinski definition) is 0. The molecule has 5 atom stereocenters. The number of carbonyl (C=O) groups is 2. The second-order valence-corrected chi connectivity index (χ2v) is 8.22. The van der Waals surface area contributed by atoms with Crippen molar-refractivity contribution in [3.63, 3.8) is 0 Å². The van der Waals surface area contributed by atoms with Crippen molar-refractivity contribution < 1.29 is 28.5 Å². The van der Waals surface area contributed by atoms with Gasteiger partial charge in [-0.1, -0.05) is 60.3 Å². The SMILES string of the molecule is CC(=O)O[C@@H]1[C@@H](OCc2ccccc2)[C@@H](Sc2ccccc2)O[C@@H](C)[C@H]1OC(C)=O. The third-order valence-corrected chi connectivity index (χ3v) is 5.77. The summed E-state index contributed by atoms with van der Waals surface area (Å²) in [4.78, 5) is 24.5. The molecule has 1 heterocycles. The van der Waals surface area contributed by atoms with Crippen LogP contribution in [-0.2, 0) is 35.1 Å². The van der Waals surface area contributed by atoms with Crippen LogP contribution in [0.1, 0.15) is 26.3 Å². The van der Waals surface area contributed by atoms with Crippen LogP contribution in [0, 0.1) is 0 Å². The highest BCUT2D eigenvalue weighted by Crippen LogP contribution is 2.37. The minimum Gasteiger partial charge on any atom is -0.456 e. The van der Waals surface area contributed by atoms with E-state index in [0.29, 0.717) is 6.61 Å². The zero-order valence-corrected chi connectivity index (χ0v) is 18.0. The fourth-order valence-electron chi connectivity index (χ4n) is 3.32. The predicted octanol–water partition coefficient (Wildman–Crippen LogP) is 3.97. The number of benzene rings is 2. The lowest BCUT2D eigenvalue weighted by Crippen LogP contribution is -2.59. The Morgan fingerprint density at radius 3 is 2.03 bits per heavy atom. The van der Waals surface area contributed by atoms with Crippen LogP contribution in [-0.4, -0.2) is 41.8 Å². The molecule has 1 aliphatic rings. The van der Waals surface area contributed by atoms with E-state index < -0.39 is 41.8 Å².